The second-order valence-corrected chi connectivity index (χ2v) is 9.69. The lowest BCUT2D eigenvalue weighted by Gasteiger charge is -2.03. The van der Waals surface area contributed by atoms with Gasteiger partial charge in [-0.15, -0.1) is 11.3 Å². The number of carbonyl (C=O) groups is 1. The molecular formula is C24H13Cl4N3O2S. The van der Waals surface area contributed by atoms with Crippen LogP contribution in [0.25, 0.3) is 17.4 Å². The molecule has 2 heterocycles. The Morgan fingerprint density at radius 2 is 1.91 bits per heavy atom. The van der Waals surface area contributed by atoms with Gasteiger partial charge in [0.2, 0.25) is 0 Å². The molecule has 2 aromatic carbocycles. The Morgan fingerprint density at radius 1 is 1.09 bits per heavy atom. The van der Waals surface area contributed by atoms with Gasteiger partial charge in [0.05, 0.1) is 20.1 Å². The molecule has 0 unspecified atom stereocenters. The molecule has 4 aromatic rings. The molecule has 34 heavy (non-hydrogen) atoms. The quantitative estimate of drug-likeness (QED) is 0.195. The first-order valence-electron chi connectivity index (χ1n) is 9.70. The van der Waals surface area contributed by atoms with E-state index in [0.29, 0.717) is 48.7 Å². The molecule has 0 spiro atoms. The standard InChI is InChI=1S/C24H13Cl4N3O2S/c25-18-6-4-13(10-20(18)27)21-7-5-16(33-21)8-15(11-29)23(32)31-24-30-12-17(34-24)9-14-2-1-3-19(26)22(14)28/h1-8,10,12H,9H2,(H,30,31,32). The topological polar surface area (TPSA) is 78.9 Å². The summed E-state index contributed by atoms with van der Waals surface area (Å²) >= 11 is 25.6. The predicted molar refractivity (Wildman–Crippen MR) is 138 cm³/mol. The lowest BCUT2D eigenvalue weighted by atomic mass is 10.1. The molecule has 0 atom stereocenters. The number of nitriles is 1. The first kappa shape index (κ1) is 24.3. The van der Waals surface area contributed by atoms with E-state index in [2.05, 4.69) is 10.3 Å². The monoisotopic (exact) mass is 547 g/mol. The van der Waals surface area contributed by atoms with Crippen molar-refractivity contribution < 1.29 is 9.21 Å². The van der Waals surface area contributed by atoms with Gasteiger partial charge in [-0.25, -0.2) is 4.98 Å². The van der Waals surface area contributed by atoms with E-state index in [1.165, 1.54) is 17.4 Å². The summed E-state index contributed by atoms with van der Waals surface area (Å²) in [5, 5.41) is 14.3. The van der Waals surface area contributed by atoms with Gasteiger partial charge < -0.3 is 4.42 Å². The summed E-state index contributed by atoms with van der Waals surface area (Å²) in [5.41, 5.74) is 1.43. The van der Waals surface area contributed by atoms with Crippen LogP contribution in [0.4, 0.5) is 5.13 Å². The Kier molecular flexibility index (Phi) is 7.62. The molecule has 2 aromatic heterocycles. The van der Waals surface area contributed by atoms with Crippen molar-refractivity contribution in [3.05, 3.63) is 96.6 Å². The highest BCUT2D eigenvalue weighted by Crippen LogP contribution is 2.31. The van der Waals surface area contributed by atoms with Crippen LogP contribution in [0.5, 0.6) is 0 Å². The van der Waals surface area contributed by atoms with Crippen molar-refractivity contribution in [1.29, 1.82) is 5.26 Å². The highest BCUT2D eigenvalue weighted by atomic mass is 35.5. The molecule has 10 heteroatoms. The highest BCUT2D eigenvalue weighted by molar-refractivity contribution is 7.15. The minimum absolute atomic E-state index is 0.135. The molecule has 1 amide bonds. The van der Waals surface area contributed by atoms with Crippen molar-refractivity contribution in [3.8, 4) is 17.4 Å². The lowest BCUT2D eigenvalue weighted by Crippen LogP contribution is -2.13. The van der Waals surface area contributed by atoms with Gasteiger partial charge in [0.25, 0.3) is 5.91 Å². The van der Waals surface area contributed by atoms with Gasteiger partial charge in [0, 0.05) is 29.1 Å². The van der Waals surface area contributed by atoms with Crippen molar-refractivity contribution >= 4 is 74.9 Å². The van der Waals surface area contributed by atoms with Crippen LogP contribution in [-0.2, 0) is 11.2 Å². The SMILES string of the molecule is N#CC(=Cc1ccc(-c2ccc(Cl)c(Cl)c2)o1)C(=O)Nc1ncc(Cc2cccc(Cl)c2Cl)s1. The number of furan rings is 1. The minimum Gasteiger partial charge on any atom is -0.457 e. The Labute approximate surface area is 219 Å². The normalized spacial score (nSPS) is 11.3. The third kappa shape index (κ3) is 5.64. The van der Waals surface area contributed by atoms with Crippen LogP contribution < -0.4 is 5.32 Å². The Bertz CT molecular complexity index is 1450. The average molecular weight is 549 g/mol. The fourth-order valence-corrected chi connectivity index (χ4v) is 4.53. The largest absolute Gasteiger partial charge is 0.457 e. The molecular weight excluding hydrogens is 536 g/mol. The zero-order valence-electron chi connectivity index (χ0n) is 17.1. The summed E-state index contributed by atoms with van der Waals surface area (Å²) < 4.78 is 5.74. The molecule has 0 bridgehead atoms. The Hall–Kier alpha value is -2.79. The maximum atomic E-state index is 12.6. The van der Waals surface area contributed by atoms with Crippen molar-refractivity contribution in [2.45, 2.75) is 6.42 Å². The van der Waals surface area contributed by atoms with Crippen molar-refractivity contribution in [2.24, 2.45) is 0 Å². The molecule has 0 saturated heterocycles. The van der Waals surface area contributed by atoms with E-state index in [9.17, 15) is 10.1 Å². The molecule has 0 aliphatic rings. The number of aromatic nitrogens is 1. The zero-order valence-corrected chi connectivity index (χ0v) is 21.0. The van der Waals surface area contributed by atoms with Crippen molar-refractivity contribution in [1.82, 2.24) is 4.98 Å². The number of benzene rings is 2. The van der Waals surface area contributed by atoms with Gasteiger partial charge in [-0.2, -0.15) is 5.26 Å². The molecule has 1 N–H and O–H groups in total. The lowest BCUT2D eigenvalue weighted by molar-refractivity contribution is -0.112. The van der Waals surface area contributed by atoms with E-state index < -0.39 is 5.91 Å². The molecule has 0 radical (unpaired) electrons. The maximum absolute atomic E-state index is 12.6. The van der Waals surface area contributed by atoms with E-state index in [-0.39, 0.29) is 5.57 Å². The van der Waals surface area contributed by atoms with E-state index in [4.69, 9.17) is 50.8 Å². The second-order valence-electron chi connectivity index (χ2n) is 6.98. The zero-order chi connectivity index (χ0) is 24.2. The molecule has 0 aliphatic heterocycles. The van der Waals surface area contributed by atoms with Crippen molar-refractivity contribution in [3.63, 3.8) is 0 Å². The number of amides is 1. The number of hydrogen-bond donors (Lipinski definition) is 1. The van der Waals surface area contributed by atoms with Crippen LogP contribution in [0.3, 0.4) is 0 Å². The maximum Gasteiger partial charge on any atom is 0.268 e. The van der Waals surface area contributed by atoms with Crippen LogP contribution in [0.15, 0.2) is 64.7 Å². The smallest absolute Gasteiger partial charge is 0.268 e. The summed E-state index contributed by atoms with van der Waals surface area (Å²) in [7, 11) is 0. The summed E-state index contributed by atoms with van der Waals surface area (Å²) in [6.45, 7) is 0. The second kappa shape index (κ2) is 10.6. The summed E-state index contributed by atoms with van der Waals surface area (Å²) in [5.74, 6) is 0.256. The Balaban J connectivity index is 1.46. The van der Waals surface area contributed by atoms with E-state index in [0.717, 1.165) is 10.4 Å². The fraction of sp³-hybridized carbons (Fsp3) is 0.0417. The van der Waals surface area contributed by atoms with E-state index in [1.54, 1.807) is 42.6 Å². The average Bonchev–Trinajstić information content (AvgIpc) is 3.46. The predicted octanol–water partition coefficient (Wildman–Crippen LogP) is 8.15. The minimum atomic E-state index is -0.600. The van der Waals surface area contributed by atoms with Crippen molar-refractivity contribution in [2.75, 3.05) is 5.32 Å². The van der Waals surface area contributed by atoms with Crippen LogP contribution in [0, 0.1) is 11.3 Å². The molecule has 170 valence electrons. The number of thiazole rings is 1. The Morgan fingerprint density at radius 3 is 2.68 bits per heavy atom. The number of rotatable bonds is 6. The van der Waals surface area contributed by atoms with Gasteiger partial charge in [0.1, 0.15) is 23.2 Å². The van der Waals surface area contributed by atoms with Gasteiger partial charge in [-0.3, -0.25) is 10.1 Å². The van der Waals surface area contributed by atoms with Crippen LogP contribution in [-0.4, -0.2) is 10.9 Å². The third-order valence-electron chi connectivity index (χ3n) is 4.65. The highest BCUT2D eigenvalue weighted by Gasteiger charge is 2.15. The molecule has 0 aliphatic carbocycles. The van der Waals surface area contributed by atoms with Crippen LogP contribution in [0.2, 0.25) is 20.1 Å². The molecule has 0 saturated carbocycles. The molecule has 0 fully saturated rings. The number of carbonyl (C=O) groups excluding carboxylic acids is 1. The number of anilines is 1. The first-order valence-corrected chi connectivity index (χ1v) is 12.0. The number of halogens is 4. The summed E-state index contributed by atoms with van der Waals surface area (Å²) in [4.78, 5) is 17.7. The van der Waals surface area contributed by atoms with E-state index >= 15 is 0 Å². The number of nitrogens with one attached hydrogen (secondary N) is 1. The fourth-order valence-electron chi connectivity index (χ4n) is 3.01. The number of nitrogens with zero attached hydrogens (tertiary/aromatic N) is 2. The first-order chi connectivity index (χ1) is 16.3. The summed E-state index contributed by atoms with van der Waals surface area (Å²) in [6.07, 6.45) is 3.51. The molecule has 4 rings (SSSR count). The van der Waals surface area contributed by atoms with Crippen LogP contribution in [0.1, 0.15) is 16.2 Å². The van der Waals surface area contributed by atoms with Crippen LogP contribution >= 0.6 is 57.7 Å². The van der Waals surface area contributed by atoms with Gasteiger partial charge in [0.15, 0.2) is 5.13 Å². The van der Waals surface area contributed by atoms with Gasteiger partial charge in [-0.1, -0.05) is 58.5 Å². The van der Waals surface area contributed by atoms with Gasteiger partial charge >= 0.3 is 0 Å². The summed E-state index contributed by atoms with van der Waals surface area (Å²) in [6, 6.07) is 15.8. The van der Waals surface area contributed by atoms with Gasteiger partial charge in [-0.05, 0) is 42.0 Å². The molecule has 5 nitrogen and oxygen atoms in total. The third-order valence-corrected chi connectivity index (χ3v) is 7.16. The number of hydrogen-bond acceptors (Lipinski definition) is 5. The van der Waals surface area contributed by atoms with E-state index in [1.807, 2.05) is 18.2 Å².